The number of hydrogen-bond donors (Lipinski definition) is 1. The summed E-state index contributed by atoms with van der Waals surface area (Å²) >= 11 is 1.61. The Morgan fingerprint density at radius 3 is 2.79 bits per heavy atom. The lowest BCUT2D eigenvalue weighted by atomic mass is 9.97. The molecule has 0 spiro atoms. The summed E-state index contributed by atoms with van der Waals surface area (Å²) < 4.78 is 5.07. The number of rotatable bonds is 4. The number of aliphatic carboxylic acids is 1. The van der Waals surface area contributed by atoms with Gasteiger partial charge in [0.15, 0.2) is 6.10 Å². The summed E-state index contributed by atoms with van der Waals surface area (Å²) in [4.78, 5) is 12.1. The van der Waals surface area contributed by atoms with Crippen molar-refractivity contribution < 1.29 is 14.6 Å². The SMILES string of the molecule is COC(C(=O)O)C1(c2cccs2)CC1. The van der Waals surface area contributed by atoms with E-state index in [0.717, 1.165) is 17.7 Å². The molecule has 0 amide bonds. The molecule has 1 aromatic heterocycles. The predicted octanol–water partition coefficient (Wildman–Crippen LogP) is 1.88. The zero-order chi connectivity index (χ0) is 10.2. The Morgan fingerprint density at radius 1 is 1.71 bits per heavy atom. The van der Waals surface area contributed by atoms with Gasteiger partial charge in [-0.05, 0) is 24.3 Å². The minimum Gasteiger partial charge on any atom is -0.479 e. The summed E-state index contributed by atoms with van der Waals surface area (Å²) in [6, 6.07) is 3.95. The fourth-order valence-electron chi connectivity index (χ4n) is 1.90. The van der Waals surface area contributed by atoms with E-state index in [2.05, 4.69) is 0 Å². The van der Waals surface area contributed by atoms with Gasteiger partial charge in [-0.1, -0.05) is 6.07 Å². The van der Waals surface area contributed by atoms with Crippen molar-refractivity contribution in [3.63, 3.8) is 0 Å². The van der Waals surface area contributed by atoms with Crippen LogP contribution in [-0.2, 0) is 14.9 Å². The van der Waals surface area contributed by atoms with Crippen LogP contribution in [0, 0.1) is 0 Å². The molecule has 1 fully saturated rings. The largest absolute Gasteiger partial charge is 0.479 e. The van der Waals surface area contributed by atoms with Gasteiger partial charge in [-0.3, -0.25) is 0 Å². The molecule has 0 aromatic carbocycles. The van der Waals surface area contributed by atoms with Gasteiger partial charge in [0.2, 0.25) is 0 Å². The average Bonchev–Trinajstić information content (AvgIpc) is 2.76. The number of carboxylic acids is 1. The summed E-state index contributed by atoms with van der Waals surface area (Å²) in [5.74, 6) is -0.863. The Labute approximate surface area is 86.3 Å². The van der Waals surface area contributed by atoms with E-state index < -0.39 is 12.1 Å². The Bertz CT molecular complexity index is 327. The molecule has 1 saturated carbocycles. The van der Waals surface area contributed by atoms with Crippen molar-refractivity contribution >= 4 is 17.3 Å². The molecule has 1 aliphatic carbocycles. The summed E-state index contributed by atoms with van der Waals surface area (Å²) in [6.45, 7) is 0. The minimum absolute atomic E-state index is 0.241. The van der Waals surface area contributed by atoms with Crippen LogP contribution in [0.2, 0.25) is 0 Å². The highest BCUT2D eigenvalue weighted by Gasteiger charge is 2.55. The lowest BCUT2D eigenvalue weighted by Gasteiger charge is -2.20. The maximum atomic E-state index is 11.0. The highest BCUT2D eigenvalue weighted by Crippen LogP contribution is 2.53. The second kappa shape index (κ2) is 3.37. The van der Waals surface area contributed by atoms with Crippen LogP contribution in [0.1, 0.15) is 17.7 Å². The van der Waals surface area contributed by atoms with Crippen molar-refractivity contribution in [1.29, 1.82) is 0 Å². The number of thiophene rings is 1. The molecule has 1 N–H and O–H groups in total. The molecule has 14 heavy (non-hydrogen) atoms. The topological polar surface area (TPSA) is 46.5 Å². The second-order valence-electron chi connectivity index (χ2n) is 3.59. The zero-order valence-electron chi connectivity index (χ0n) is 7.90. The van der Waals surface area contributed by atoms with Gasteiger partial charge < -0.3 is 9.84 Å². The number of methoxy groups -OCH3 is 1. The van der Waals surface area contributed by atoms with Crippen LogP contribution in [0.3, 0.4) is 0 Å². The van der Waals surface area contributed by atoms with E-state index >= 15 is 0 Å². The van der Waals surface area contributed by atoms with Crippen LogP contribution >= 0.6 is 11.3 Å². The third-order valence-corrected chi connectivity index (χ3v) is 3.85. The summed E-state index contributed by atoms with van der Waals surface area (Å²) in [7, 11) is 1.46. The van der Waals surface area contributed by atoms with Crippen molar-refractivity contribution in [2.24, 2.45) is 0 Å². The highest BCUT2D eigenvalue weighted by atomic mass is 32.1. The van der Waals surface area contributed by atoms with E-state index in [9.17, 15) is 4.79 Å². The highest BCUT2D eigenvalue weighted by molar-refractivity contribution is 7.10. The van der Waals surface area contributed by atoms with E-state index in [1.165, 1.54) is 7.11 Å². The average molecular weight is 212 g/mol. The van der Waals surface area contributed by atoms with Crippen LogP contribution in [0.4, 0.5) is 0 Å². The maximum absolute atomic E-state index is 11.0. The standard InChI is InChI=1S/C10H12O3S/c1-13-8(9(11)12)10(4-5-10)7-3-2-6-14-7/h2-3,6,8H,4-5H2,1H3,(H,11,12). The molecule has 0 saturated heterocycles. The molecule has 1 unspecified atom stereocenters. The lowest BCUT2D eigenvalue weighted by Crippen LogP contribution is -2.35. The van der Waals surface area contributed by atoms with Crippen LogP contribution in [-0.4, -0.2) is 24.3 Å². The molecule has 1 aromatic rings. The van der Waals surface area contributed by atoms with E-state index in [1.807, 2.05) is 17.5 Å². The fraction of sp³-hybridized carbons (Fsp3) is 0.500. The summed E-state index contributed by atoms with van der Waals surface area (Å²) in [5.41, 5.74) is -0.241. The number of carbonyl (C=O) groups is 1. The first-order valence-electron chi connectivity index (χ1n) is 4.50. The molecule has 0 radical (unpaired) electrons. The van der Waals surface area contributed by atoms with Gasteiger partial charge in [0.05, 0.1) is 0 Å². The zero-order valence-corrected chi connectivity index (χ0v) is 8.71. The van der Waals surface area contributed by atoms with E-state index in [0.29, 0.717) is 0 Å². The molecule has 0 aliphatic heterocycles. The Hall–Kier alpha value is -0.870. The van der Waals surface area contributed by atoms with Crippen molar-refractivity contribution in [2.75, 3.05) is 7.11 Å². The molecule has 3 nitrogen and oxygen atoms in total. The Balaban J connectivity index is 2.28. The van der Waals surface area contributed by atoms with Gasteiger partial charge >= 0.3 is 5.97 Å². The van der Waals surface area contributed by atoms with Gasteiger partial charge in [-0.25, -0.2) is 4.79 Å². The Kier molecular flexibility index (Phi) is 2.33. The molecule has 4 heteroatoms. The van der Waals surface area contributed by atoms with E-state index in [1.54, 1.807) is 11.3 Å². The Morgan fingerprint density at radius 2 is 2.43 bits per heavy atom. The first-order valence-corrected chi connectivity index (χ1v) is 5.38. The number of carboxylic acid groups (broad SMARTS) is 1. The predicted molar refractivity (Wildman–Crippen MR) is 53.7 cm³/mol. The van der Waals surface area contributed by atoms with Crippen molar-refractivity contribution in [3.8, 4) is 0 Å². The van der Waals surface area contributed by atoms with Gasteiger partial charge in [0, 0.05) is 17.4 Å². The van der Waals surface area contributed by atoms with Crippen LogP contribution in [0.5, 0.6) is 0 Å². The molecule has 0 bridgehead atoms. The quantitative estimate of drug-likeness (QED) is 0.828. The van der Waals surface area contributed by atoms with Gasteiger partial charge in [-0.2, -0.15) is 0 Å². The number of hydrogen-bond acceptors (Lipinski definition) is 3. The molecular formula is C10H12O3S. The van der Waals surface area contributed by atoms with Crippen LogP contribution < -0.4 is 0 Å². The van der Waals surface area contributed by atoms with E-state index in [-0.39, 0.29) is 5.41 Å². The molecule has 1 aliphatic rings. The number of ether oxygens (including phenoxy) is 1. The first kappa shape index (κ1) is 9.68. The third-order valence-electron chi connectivity index (χ3n) is 2.76. The van der Waals surface area contributed by atoms with Crippen molar-refractivity contribution in [1.82, 2.24) is 0 Å². The van der Waals surface area contributed by atoms with Gasteiger partial charge in [0.1, 0.15) is 0 Å². The first-order chi connectivity index (χ1) is 6.70. The van der Waals surface area contributed by atoms with Crippen LogP contribution in [0.25, 0.3) is 0 Å². The normalized spacial score (nSPS) is 20.4. The lowest BCUT2D eigenvalue weighted by molar-refractivity contribution is -0.150. The van der Waals surface area contributed by atoms with Gasteiger partial charge in [-0.15, -0.1) is 11.3 Å². The van der Waals surface area contributed by atoms with Crippen molar-refractivity contribution in [2.45, 2.75) is 24.4 Å². The van der Waals surface area contributed by atoms with Crippen molar-refractivity contribution in [3.05, 3.63) is 22.4 Å². The molecular weight excluding hydrogens is 200 g/mol. The molecule has 76 valence electrons. The smallest absolute Gasteiger partial charge is 0.333 e. The second-order valence-corrected chi connectivity index (χ2v) is 4.54. The van der Waals surface area contributed by atoms with Gasteiger partial charge in [0.25, 0.3) is 0 Å². The maximum Gasteiger partial charge on any atom is 0.333 e. The fourth-order valence-corrected chi connectivity index (χ4v) is 2.90. The summed E-state index contributed by atoms with van der Waals surface area (Å²) in [6.07, 6.45) is 1.14. The molecule has 2 rings (SSSR count). The summed E-state index contributed by atoms with van der Waals surface area (Å²) in [5, 5.41) is 11.0. The minimum atomic E-state index is -0.863. The van der Waals surface area contributed by atoms with E-state index in [4.69, 9.17) is 9.84 Å². The van der Waals surface area contributed by atoms with Crippen LogP contribution in [0.15, 0.2) is 17.5 Å². The molecule has 1 atom stereocenters. The molecule has 1 heterocycles. The third kappa shape index (κ3) is 1.35. The monoisotopic (exact) mass is 212 g/mol.